The molecule has 9 nitrogen and oxygen atoms in total. The summed E-state index contributed by atoms with van der Waals surface area (Å²) >= 11 is 0. The highest BCUT2D eigenvalue weighted by Crippen LogP contribution is 2.19. The molecule has 192 valence electrons. The van der Waals surface area contributed by atoms with Crippen molar-refractivity contribution in [2.75, 3.05) is 17.3 Å². The maximum absolute atomic E-state index is 13.2. The van der Waals surface area contributed by atoms with Crippen LogP contribution >= 0.6 is 0 Å². The van der Waals surface area contributed by atoms with Gasteiger partial charge in [0.15, 0.2) is 0 Å². The summed E-state index contributed by atoms with van der Waals surface area (Å²) in [6.45, 7) is 3.58. The first-order valence-corrected chi connectivity index (χ1v) is 12.9. The number of nitrogens with one attached hydrogen (secondary N) is 2. The molecule has 0 bridgehead atoms. The van der Waals surface area contributed by atoms with Crippen LogP contribution in [0.15, 0.2) is 30.5 Å². The number of aromatic nitrogens is 4. The van der Waals surface area contributed by atoms with E-state index in [-0.39, 0.29) is 35.1 Å². The highest BCUT2D eigenvalue weighted by Gasteiger charge is 2.22. The lowest BCUT2D eigenvalue weighted by molar-refractivity contribution is 0.0930. The third-order valence-corrected chi connectivity index (χ3v) is 6.33. The van der Waals surface area contributed by atoms with E-state index >= 15 is 0 Å². The molecule has 0 saturated carbocycles. The van der Waals surface area contributed by atoms with E-state index in [4.69, 9.17) is 0 Å². The molecular formula is C24H28F2N6O3S. The van der Waals surface area contributed by atoms with E-state index in [9.17, 15) is 22.6 Å². The number of nitrogens with zero attached hydrogens (tertiary/aromatic N) is 4. The fourth-order valence-corrected chi connectivity index (χ4v) is 4.50. The number of rotatable bonds is 10. The number of hydrogen-bond acceptors (Lipinski definition) is 6. The van der Waals surface area contributed by atoms with Crippen LogP contribution < -0.4 is 10.6 Å². The highest BCUT2D eigenvalue weighted by molar-refractivity contribution is 7.84. The number of carbonyl (C=O) groups excluding carboxylic acids is 2. The number of hydrogen-bond donors (Lipinski definition) is 2. The maximum atomic E-state index is 13.2. The Bertz CT molecular complexity index is 1300. The first-order chi connectivity index (χ1) is 17.1. The van der Waals surface area contributed by atoms with Crippen molar-refractivity contribution in [3.05, 3.63) is 70.1 Å². The van der Waals surface area contributed by atoms with E-state index in [1.54, 1.807) is 45.2 Å². The molecule has 0 fully saturated rings. The van der Waals surface area contributed by atoms with Gasteiger partial charge in [-0.05, 0) is 38.5 Å². The van der Waals surface area contributed by atoms with Gasteiger partial charge in [0.05, 0.1) is 40.1 Å². The molecule has 0 aliphatic carbocycles. The Balaban J connectivity index is 1.79. The molecule has 0 radical (unpaired) electrons. The van der Waals surface area contributed by atoms with Crippen molar-refractivity contribution in [1.29, 1.82) is 0 Å². The largest absolute Gasteiger partial charge is 0.349 e. The number of amides is 2. The number of aryl methyl sites for hydroxylation is 2. The quantitative estimate of drug-likeness (QED) is 0.426. The molecular weight excluding hydrogens is 490 g/mol. The van der Waals surface area contributed by atoms with Gasteiger partial charge in [-0.15, -0.1) is 0 Å². The molecule has 2 amide bonds. The van der Waals surface area contributed by atoms with Gasteiger partial charge in [0.25, 0.3) is 11.8 Å². The summed E-state index contributed by atoms with van der Waals surface area (Å²) in [5.41, 5.74) is 2.13. The average molecular weight is 519 g/mol. The third kappa shape index (κ3) is 6.56. The topological polar surface area (TPSA) is 119 Å². The summed E-state index contributed by atoms with van der Waals surface area (Å²) in [6.07, 6.45) is 2.97. The number of anilines is 1. The van der Waals surface area contributed by atoms with Gasteiger partial charge in [0.1, 0.15) is 25.7 Å². The van der Waals surface area contributed by atoms with Gasteiger partial charge in [-0.3, -0.25) is 18.5 Å². The molecule has 2 aromatic heterocycles. The summed E-state index contributed by atoms with van der Waals surface area (Å²) < 4.78 is 38.9. The molecule has 2 N–H and O–H groups in total. The number of halogens is 2. The van der Waals surface area contributed by atoms with Crippen molar-refractivity contribution in [2.45, 2.75) is 46.7 Å². The van der Waals surface area contributed by atoms with Gasteiger partial charge < -0.3 is 10.6 Å². The van der Waals surface area contributed by atoms with Crippen molar-refractivity contribution in [3.8, 4) is 0 Å². The zero-order valence-electron chi connectivity index (χ0n) is 20.5. The van der Waals surface area contributed by atoms with Crippen molar-refractivity contribution in [2.24, 2.45) is 0 Å². The summed E-state index contributed by atoms with van der Waals surface area (Å²) in [7, 11) is -1.08. The monoisotopic (exact) mass is 518 g/mol. The lowest BCUT2D eigenvalue weighted by Gasteiger charge is -2.17. The lowest BCUT2D eigenvalue weighted by atomic mass is 10.00. The van der Waals surface area contributed by atoms with Gasteiger partial charge in [-0.25, -0.2) is 18.7 Å². The molecule has 12 heteroatoms. The number of benzene rings is 1. The molecule has 1 unspecified atom stereocenters. The SMILES string of the molecule is Cc1cccc(C(=O)Nc2cnc(Cn3nc(CF)cc3CF)nc2C)c1C(=O)N[C@@H](C)CS(C)=O. The van der Waals surface area contributed by atoms with Crippen LogP contribution in [-0.2, 0) is 30.7 Å². The molecule has 2 heterocycles. The number of carbonyl (C=O) groups is 2. The third-order valence-electron chi connectivity index (χ3n) is 5.36. The zero-order chi connectivity index (χ0) is 26.4. The molecule has 0 spiro atoms. The van der Waals surface area contributed by atoms with E-state index in [2.05, 4.69) is 25.7 Å². The first-order valence-electron chi connectivity index (χ1n) is 11.1. The fourth-order valence-electron chi connectivity index (χ4n) is 3.71. The van der Waals surface area contributed by atoms with Gasteiger partial charge in [-0.2, -0.15) is 5.10 Å². The Kier molecular flexibility index (Phi) is 8.97. The summed E-state index contributed by atoms with van der Waals surface area (Å²) in [6, 6.07) is 5.96. The Morgan fingerprint density at radius 1 is 1.17 bits per heavy atom. The highest BCUT2D eigenvalue weighted by atomic mass is 32.2. The Morgan fingerprint density at radius 2 is 1.92 bits per heavy atom. The van der Waals surface area contributed by atoms with E-state index < -0.39 is 36.0 Å². The second kappa shape index (κ2) is 11.9. The average Bonchev–Trinajstić information content (AvgIpc) is 3.21. The van der Waals surface area contributed by atoms with Crippen molar-refractivity contribution >= 4 is 28.3 Å². The normalized spacial score (nSPS) is 12.7. The molecule has 0 saturated heterocycles. The molecule has 0 aliphatic heterocycles. The summed E-state index contributed by atoms with van der Waals surface area (Å²) in [5.74, 6) is -0.348. The molecule has 36 heavy (non-hydrogen) atoms. The molecule has 0 aliphatic rings. The lowest BCUT2D eigenvalue weighted by Crippen LogP contribution is -2.37. The van der Waals surface area contributed by atoms with Crippen LogP contribution in [0.3, 0.4) is 0 Å². The maximum Gasteiger partial charge on any atom is 0.256 e. The Labute approximate surface area is 210 Å². The second-order valence-corrected chi connectivity index (χ2v) is 9.88. The fraction of sp³-hybridized carbons (Fsp3) is 0.375. The predicted octanol–water partition coefficient (Wildman–Crippen LogP) is 3.03. The zero-order valence-corrected chi connectivity index (χ0v) is 21.3. The van der Waals surface area contributed by atoms with Crippen LogP contribution in [0.4, 0.5) is 14.5 Å². The van der Waals surface area contributed by atoms with Crippen LogP contribution in [-0.4, -0.2) is 53.8 Å². The van der Waals surface area contributed by atoms with Crippen LogP contribution in [0.2, 0.25) is 0 Å². The van der Waals surface area contributed by atoms with Gasteiger partial charge in [0.2, 0.25) is 0 Å². The van der Waals surface area contributed by atoms with Gasteiger partial charge >= 0.3 is 0 Å². The van der Waals surface area contributed by atoms with Crippen molar-refractivity contribution < 1.29 is 22.6 Å². The number of alkyl halides is 2. The predicted molar refractivity (Wildman–Crippen MR) is 133 cm³/mol. The van der Waals surface area contributed by atoms with E-state index in [0.717, 1.165) is 0 Å². The van der Waals surface area contributed by atoms with Gasteiger partial charge in [0, 0.05) is 28.9 Å². The van der Waals surface area contributed by atoms with E-state index in [1.165, 1.54) is 16.9 Å². The first kappa shape index (κ1) is 27.1. The van der Waals surface area contributed by atoms with Crippen molar-refractivity contribution in [3.63, 3.8) is 0 Å². The van der Waals surface area contributed by atoms with Crippen LogP contribution in [0.5, 0.6) is 0 Å². The van der Waals surface area contributed by atoms with E-state index in [1.807, 2.05) is 0 Å². The standard InChI is InChI=1S/C24H28F2N6O3S/c1-14-6-5-7-19(22(14)24(34)28-15(2)13-36(4)35)23(33)30-20-11-27-21(29-16(20)3)12-32-18(10-26)8-17(9-25)31-32/h5-8,11,15H,9-10,12-13H2,1-4H3,(H,28,34)(H,30,33)/t15-,36?/m0/s1. The summed E-state index contributed by atoms with van der Waals surface area (Å²) in [5, 5.41) is 9.53. The molecule has 1 aromatic carbocycles. The Hall–Kier alpha value is -3.54. The van der Waals surface area contributed by atoms with Crippen molar-refractivity contribution in [1.82, 2.24) is 25.1 Å². The smallest absolute Gasteiger partial charge is 0.256 e. The summed E-state index contributed by atoms with van der Waals surface area (Å²) in [4.78, 5) is 34.6. The Morgan fingerprint density at radius 3 is 2.56 bits per heavy atom. The second-order valence-electron chi connectivity index (χ2n) is 8.40. The van der Waals surface area contributed by atoms with Crippen LogP contribution in [0.25, 0.3) is 0 Å². The van der Waals surface area contributed by atoms with Gasteiger partial charge in [-0.1, -0.05) is 12.1 Å². The van der Waals surface area contributed by atoms with E-state index in [0.29, 0.717) is 28.5 Å². The van der Waals surface area contributed by atoms with Crippen LogP contribution in [0, 0.1) is 13.8 Å². The minimum atomic E-state index is -1.08. The van der Waals surface area contributed by atoms with Crippen LogP contribution in [0.1, 0.15) is 56.1 Å². The molecule has 3 aromatic rings. The minimum absolute atomic E-state index is 0.0389. The minimum Gasteiger partial charge on any atom is -0.349 e. The molecule has 2 atom stereocenters. The molecule has 3 rings (SSSR count).